The number of nitrogens with one attached hydrogen (secondary N) is 5. The molecule has 9 atom stereocenters. The average Bonchev–Trinajstić information content (AvgIpc) is 3.94. The number of nitrogens with zero attached hydrogens (tertiary/aromatic N) is 4. The van der Waals surface area contributed by atoms with Crippen molar-refractivity contribution in [2.45, 2.75) is 107 Å². The lowest BCUT2D eigenvalue weighted by molar-refractivity contribution is -0.160. The molecule has 7 amide bonds. The van der Waals surface area contributed by atoms with Crippen LogP contribution in [0.5, 0.6) is 11.5 Å². The number of piperazine rings is 1. The molecule has 12 N–H and O–H groups in total. The molecule has 0 radical (unpaired) electrons. The van der Waals surface area contributed by atoms with Crippen LogP contribution >= 0.6 is 0 Å². The molecule has 4 fully saturated rings. The molecule has 382 valence electrons. The fourth-order valence-corrected chi connectivity index (χ4v) is 9.49. The van der Waals surface area contributed by atoms with Crippen LogP contribution in [0.4, 0.5) is 11.4 Å². The van der Waals surface area contributed by atoms with Gasteiger partial charge in [-0.2, -0.15) is 0 Å². The van der Waals surface area contributed by atoms with Gasteiger partial charge in [-0.25, -0.2) is 0 Å². The first-order valence-corrected chi connectivity index (χ1v) is 23.9. The minimum atomic E-state index is -2.61. The SMILES string of the molecule is C[C@@H](O)C1NC(=O)C(NC(=O)c2ccc(N3CCN(c4ccc(O)cc4)CC3)cc2)CCCNC(=O)C2CC(N)CN2C(=O)[C@@](C)(O)NC(=O)C(CCc2ccc(O)cc2)NC(=O)C2C[C@@H](O)CN2C1=O. The molecule has 6 unspecified atom stereocenters. The summed E-state index contributed by atoms with van der Waals surface area (Å²) in [6, 6.07) is 12.2. The van der Waals surface area contributed by atoms with E-state index < -0.39 is 95.5 Å². The summed E-state index contributed by atoms with van der Waals surface area (Å²) in [5, 5.41) is 65.7. The topological polar surface area (TPSA) is 320 Å². The minimum Gasteiger partial charge on any atom is -0.508 e. The summed E-state index contributed by atoms with van der Waals surface area (Å²) >= 11 is 0. The number of amides is 7. The Balaban J connectivity index is 1.12. The molecular formula is C49H64N10O12. The fraction of sp³-hybridized carbons (Fsp3) is 0.490. The molecule has 22 heteroatoms. The second kappa shape index (κ2) is 22.4. The van der Waals surface area contributed by atoms with Crippen molar-refractivity contribution < 1.29 is 59.1 Å². The summed E-state index contributed by atoms with van der Waals surface area (Å²) in [6.07, 6.45) is -3.02. The van der Waals surface area contributed by atoms with Crippen LogP contribution in [-0.4, -0.2) is 177 Å². The molecule has 22 nitrogen and oxygen atoms in total. The van der Waals surface area contributed by atoms with Gasteiger partial charge < -0.3 is 77.4 Å². The lowest BCUT2D eigenvalue weighted by atomic mass is 10.0. The standard InChI is InChI=1S/C49H64N10O12/c1-28(60)41-47(69)58-27-36(63)25-40(58)46(68)53-38(18-7-29-5-14-34(61)15-6-29)44(66)55-49(2,71)48(70)59-26-31(50)24-39(59)45(67)51-19-3-4-37(43(65)54-41)52-42(64)30-8-10-32(11-9-30)56-20-22-57(23-21-56)33-12-16-35(62)17-13-33/h5-6,8-17,28,31,36-41,60-63,71H,3-4,7,18-27,50H2,1-2H3,(H,51,67)(H,52,64)(H,53,68)(H,54,65)(H,55,66)/t28-,31?,36-,37?,38?,39?,40?,41?,49-/m1/s1. The molecule has 0 bridgehead atoms. The molecule has 71 heavy (non-hydrogen) atoms. The van der Waals surface area contributed by atoms with E-state index in [9.17, 15) is 59.1 Å². The molecule has 0 spiro atoms. The van der Waals surface area contributed by atoms with E-state index in [4.69, 9.17) is 5.73 Å². The van der Waals surface area contributed by atoms with E-state index >= 15 is 0 Å². The van der Waals surface area contributed by atoms with E-state index in [1.54, 1.807) is 48.5 Å². The van der Waals surface area contributed by atoms with Gasteiger partial charge >= 0.3 is 0 Å². The van der Waals surface area contributed by atoms with Gasteiger partial charge in [-0.1, -0.05) is 12.1 Å². The number of aryl methyl sites for hydroxylation is 1. The largest absolute Gasteiger partial charge is 0.508 e. The maximum Gasteiger partial charge on any atom is 0.276 e. The number of carbonyl (C=O) groups excluding carboxylic acids is 7. The summed E-state index contributed by atoms with van der Waals surface area (Å²) in [5.74, 6) is -5.84. The van der Waals surface area contributed by atoms with Gasteiger partial charge in [0.2, 0.25) is 35.3 Å². The van der Waals surface area contributed by atoms with Gasteiger partial charge in [0, 0.05) is 75.2 Å². The molecule has 4 heterocycles. The van der Waals surface area contributed by atoms with Crippen LogP contribution < -0.4 is 42.1 Å². The predicted molar refractivity (Wildman–Crippen MR) is 257 cm³/mol. The van der Waals surface area contributed by atoms with Crippen LogP contribution in [0.15, 0.2) is 72.8 Å². The van der Waals surface area contributed by atoms with Gasteiger partial charge in [-0.05, 0) is 112 Å². The Morgan fingerprint density at radius 2 is 1.35 bits per heavy atom. The lowest BCUT2D eigenvalue weighted by Crippen LogP contribution is -2.64. The smallest absolute Gasteiger partial charge is 0.276 e. The maximum atomic E-state index is 14.3. The van der Waals surface area contributed by atoms with Crippen molar-refractivity contribution in [1.82, 2.24) is 36.4 Å². The number of fused-ring (bicyclic) bond motifs is 2. The van der Waals surface area contributed by atoms with Crippen molar-refractivity contribution in [2.75, 3.05) is 55.6 Å². The third-order valence-corrected chi connectivity index (χ3v) is 13.5. The van der Waals surface area contributed by atoms with Crippen molar-refractivity contribution in [3.63, 3.8) is 0 Å². The highest BCUT2D eigenvalue weighted by Gasteiger charge is 2.47. The Morgan fingerprint density at radius 1 is 0.775 bits per heavy atom. The van der Waals surface area contributed by atoms with Crippen molar-refractivity contribution >= 4 is 52.7 Å². The first-order chi connectivity index (χ1) is 33.8. The van der Waals surface area contributed by atoms with E-state index in [0.29, 0.717) is 18.7 Å². The number of phenolic OH excluding ortho intramolecular Hbond substituents is 2. The third-order valence-electron chi connectivity index (χ3n) is 13.5. The zero-order valence-electron chi connectivity index (χ0n) is 39.7. The Morgan fingerprint density at radius 3 is 1.96 bits per heavy atom. The number of rotatable bonds is 8. The number of phenols is 2. The maximum absolute atomic E-state index is 14.3. The Kier molecular flexibility index (Phi) is 16.3. The number of aliphatic hydroxyl groups excluding tert-OH is 2. The van der Waals surface area contributed by atoms with E-state index in [0.717, 1.165) is 41.2 Å². The quantitative estimate of drug-likeness (QED) is 0.118. The van der Waals surface area contributed by atoms with Crippen molar-refractivity contribution in [2.24, 2.45) is 5.73 Å². The molecule has 4 saturated heterocycles. The Bertz CT molecular complexity index is 2410. The summed E-state index contributed by atoms with van der Waals surface area (Å²) in [6.45, 7) is 4.52. The van der Waals surface area contributed by atoms with Crippen molar-refractivity contribution in [1.29, 1.82) is 0 Å². The number of benzene rings is 3. The van der Waals surface area contributed by atoms with Gasteiger partial charge in [0.25, 0.3) is 11.8 Å². The van der Waals surface area contributed by atoms with Gasteiger partial charge in [0.05, 0.1) is 12.2 Å². The molecule has 3 aromatic carbocycles. The zero-order valence-corrected chi connectivity index (χ0v) is 39.7. The van der Waals surface area contributed by atoms with Gasteiger partial charge in [-0.3, -0.25) is 33.6 Å². The molecule has 0 aliphatic carbocycles. The highest BCUT2D eigenvalue weighted by Crippen LogP contribution is 2.26. The van der Waals surface area contributed by atoms with E-state index in [1.807, 2.05) is 12.1 Å². The summed E-state index contributed by atoms with van der Waals surface area (Å²) < 4.78 is 0. The van der Waals surface area contributed by atoms with Crippen LogP contribution in [0.2, 0.25) is 0 Å². The number of aliphatic hydroxyl groups is 3. The highest BCUT2D eigenvalue weighted by atomic mass is 16.3. The van der Waals surface area contributed by atoms with Crippen LogP contribution in [-0.2, 0) is 35.2 Å². The Hall–Kier alpha value is -7.01. The summed E-state index contributed by atoms with van der Waals surface area (Å²) in [5.41, 5.74) is 6.34. The number of carbonyl (C=O) groups is 7. The van der Waals surface area contributed by atoms with Gasteiger partial charge in [0.1, 0.15) is 41.7 Å². The Labute approximate surface area is 410 Å². The van der Waals surface area contributed by atoms with E-state index in [-0.39, 0.29) is 75.2 Å². The number of aromatic hydroxyl groups is 2. The number of nitrogens with two attached hydrogens (primary N) is 1. The van der Waals surface area contributed by atoms with Crippen LogP contribution in [0.25, 0.3) is 0 Å². The second-order valence-electron chi connectivity index (χ2n) is 18.9. The first kappa shape index (κ1) is 51.8. The zero-order chi connectivity index (χ0) is 51.1. The number of hydrogen-bond acceptors (Lipinski definition) is 15. The monoisotopic (exact) mass is 984 g/mol. The first-order valence-electron chi connectivity index (χ1n) is 23.9. The fourth-order valence-electron chi connectivity index (χ4n) is 9.49. The van der Waals surface area contributed by atoms with Crippen LogP contribution in [0, 0.1) is 0 Å². The van der Waals surface area contributed by atoms with Crippen molar-refractivity contribution in [3.8, 4) is 11.5 Å². The van der Waals surface area contributed by atoms with Crippen molar-refractivity contribution in [3.05, 3.63) is 83.9 Å². The number of anilines is 2. The molecular weight excluding hydrogens is 921 g/mol. The highest BCUT2D eigenvalue weighted by molar-refractivity contribution is 6.00. The molecule has 4 aliphatic rings. The summed E-state index contributed by atoms with van der Waals surface area (Å²) in [7, 11) is 0. The van der Waals surface area contributed by atoms with Crippen LogP contribution in [0.3, 0.4) is 0 Å². The molecule has 4 aliphatic heterocycles. The molecule has 3 aromatic rings. The normalized spacial score (nSPS) is 27.9. The average molecular weight is 985 g/mol. The molecule has 7 rings (SSSR count). The predicted octanol–water partition coefficient (Wildman–Crippen LogP) is -1.87. The molecule has 0 aromatic heterocycles. The second-order valence-corrected chi connectivity index (χ2v) is 18.9. The van der Waals surface area contributed by atoms with E-state index in [2.05, 4.69) is 36.4 Å². The minimum absolute atomic E-state index is 0.00563. The van der Waals surface area contributed by atoms with Gasteiger partial charge in [-0.15, -0.1) is 0 Å². The lowest BCUT2D eigenvalue weighted by Gasteiger charge is -2.37. The van der Waals surface area contributed by atoms with E-state index in [1.165, 1.54) is 19.1 Å². The third kappa shape index (κ3) is 12.7. The molecule has 0 saturated carbocycles. The van der Waals surface area contributed by atoms with Crippen LogP contribution in [0.1, 0.15) is 61.9 Å². The summed E-state index contributed by atoms with van der Waals surface area (Å²) in [4.78, 5) is 105. The number of hydrogen-bond donors (Lipinski definition) is 11. The van der Waals surface area contributed by atoms with Gasteiger partial charge in [0.15, 0.2) is 0 Å².